The average Bonchev–Trinajstić information content (AvgIpc) is 2.83. The van der Waals surface area contributed by atoms with Gasteiger partial charge in [0.25, 0.3) is 0 Å². The second-order valence-corrected chi connectivity index (χ2v) is 8.76. The van der Waals surface area contributed by atoms with Gasteiger partial charge in [-0.2, -0.15) is 0 Å². The van der Waals surface area contributed by atoms with Gasteiger partial charge in [-0.25, -0.2) is 0 Å². The molecule has 0 spiro atoms. The lowest BCUT2D eigenvalue weighted by molar-refractivity contribution is 0.405. The Balaban J connectivity index is 1.80. The summed E-state index contributed by atoms with van der Waals surface area (Å²) >= 11 is 1.50. The molecule has 3 aromatic rings. The molecule has 0 bridgehead atoms. The Morgan fingerprint density at radius 2 is 1.69 bits per heavy atom. The standard InChI is InChI=1S/C25H30N4O2S/c1-25(2,29-30)20-8-5-7-18(15-20)19-11-12-23(31-4)24(16-19)32-28-22-10-6-9-21(17-22)27-14-13-26-3/h5-12,15-17,26-28H,13-14H2,1-4H3. The van der Waals surface area contributed by atoms with Crippen molar-refractivity contribution in [3.05, 3.63) is 77.2 Å². The zero-order chi connectivity index (χ0) is 23.0. The van der Waals surface area contributed by atoms with Crippen LogP contribution in [0, 0.1) is 4.91 Å². The van der Waals surface area contributed by atoms with Crippen LogP contribution >= 0.6 is 11.9 Å². The molecule has 32 heavy (non-hydrogen) atoms. The van der Waals surface area contributed by atoms with Crippen LogP contribution in [0.15, 0.2) is 76.8 Å². The Bertz CT molecular complexity index is 1060. The highest BCUT2D eigenvalue weighted by Crippen LogP contribution is 2.36. The maximum absolute atomic E-state index is 11.2. The summed E-state index contributed by atoms with van der Waals surface area (Å²) in [6, 6.07) is 22.2. The van der Waals surface area contributed by atoms with Crippen LogP contribution in [0.5, 0.6) is 5.75 Å². The van der Waals surface area contributed by atoms with Gasteiger partial charge in [0.2, 0.25) is 0 Å². The second kappa shape index (κ2) is 11.0. The van der Waals surface area contributed by atoms with Gasteiger partial charge in [-0.1, -0.05) is 35.5 Å². The smallest absolute Gasteiger partial charge is 0.134 e. The highest BCUT2D eigenvalue weighted by atomic mass is 32.2. The van der Waals surface area contributed by atoms with E-state index in [1.165, 1.54) is 11.9 Å². The third-order valence-corrected chi connectivity index (χ3v) is 6.02. The van der Waals surface area contributed by atoms with Crippen LogP contribution < -0.4 is 20.1 Å². The second-order valence-electron chi connectivity index (χ2n) is 7.91. The van der Waals surface area contributed by atoms with Crippen molar-refractivity contribution in [3.63, 3.8) is 0 Å². The van der Waals surface area contributed by atoms with Crippen LogP contribution in [0.3, 0.4) is 0 Å². The molecule has 0 radical (unpaired) electrons. The van der Waals surface area contributed by atoms with Crippen LogP contribution in [-0.2, 0) is 5.54 Å². The molecule has 168 valence electrons. The summed E-state index contributed by atoms with van der Waals surface area (Å²) in [5.41, 5.74) is 4.25. The molecule has 0 unspecified atom stereocenters. The average molecular weight is 451 g/mol. The van der Waals surface area contributed by atoms with E-state index in [1.54, 1.807) is 7.11 Å². The van der Waals surface area contributed by atoms with Crippen LogP contribution in [0.1, 0.15) is 19.4 Å². The number of anilines is 2. The molecule has 3 rings (SSSR count). The summed E-state index contributed by atoms with van der Waals surface area (Å²) in [4.78, 5) is 12.2. The van der Waals surface area contributed by atoms with Crippen molar-refractivity contribution in [2.24, 2.45) is 5.18 Å². The van der Waals surface area contributed by atoms with Gasteiger partial charge in [0.1, 0.15) is 11.3 Å². The highest BCUT2D eigenvalue weighted by Gasteiger charge is 2.21. The number of nitrogens with one attached hydrogen (secondary N) is 3. The van der Waals surface area contributed by atoms with Crippen molar-refractivity contribution in [3.8, 4) is 16.9 Å². The van der Waals surface area contributed by atoms with E-state index in [0.717, 1.165) is 51.8 Å². The number of likely N-dealkylation sites (N-methyl/N-ethyl adjacent to an activating group) is 1. The van der Waals surface area contributed by atoms with Gasteiger partial charge in [-0.05, 0) is 85.9 Å². The van der Waals surface area contributed by atoms with E-state index in [0.29, 0.717) is 0 Å². The summed E-state index contributed by atoms with van der Waals surface area (Å²) < 4.78 is 8.99. The monoisotopic (exact) mass is 450 g/mol. The van der Waals surface area contributed by atoms with Crippen LogP contribution in [-0.4, -0.2) is 27.2 Å². The van der Waals surface area contributed by atoms with Gasteiger partial charge in [0, 0.05) is 24.5 Å². The molecule has 0 saturated heterocycles. The molecule has 3 N–H and O–H groups in total. The molecule has 0 fully saturated rings. The van der Waals surface area contributed by atoms with Crippen molar-refractivity contribution in [2.75, 3.05) is 37.3 Å². The van der Waals surface area contributed by atoms with E-state index in [9.17, 15) is 4.91 Å². The predicted molar refractivity (Wildman–Crippen MR) is 136 cm³/mol. The molecule has 0 aliphatic carbocycles. The van der Waals surface area contributed by atoms with Crippen LogP contribution in [0.4, 0.5) is 11.4 Å². The lowest BCUT2D eigenvalue weighted by atomic mass is 9.92. The molecule has 0 aliphatic rings. The largest absolute Gasteiger partial charge is 0.496 e. The Labute approximate surface area is 194 Å². The van der Waals surface area contributed by atoms with Gasteiger partial charge in [-0.15, -0.1) is 4.91 Å². The van der Waals surface area contributed by atoms with E-state index >= 15 is 0 Å². The van der Waals surface area contributed by atoms with Gasteiger partial charge in [0.15, 0.2) is 0 Å². The summed E-state index contributed by atoms with van der Waals surface area (Å²) in [6.45, 7) is 5.40. The molecule has 3 aromatic carbocycles. The highest BCUT2D eigenvalue weighted by molar-refractivity contribution is 8.00. The molecule has 0 saturated carbocycles. The summed E-state index contributed by atoms with van der Waals surface area (Å²) in [5.74, 6) is 0.792. The zero-order valence-corrected chi connectivity index (χ0v) is 19.8. The lowest BCUT2D eigenvalue weighted by Crippen LogP contribution is -2.17. The SMILES string of the molecule is CNCCNc1cccc(NSc2cc(-c3cccc(C(C)(C)N=O)c3)ccc2OC)c1. The number of benzene rings is 3. The van der Waals surface area contributed by atoms with Crippen molar-refractivity contribution in [2.45, 2.75) is 24.3 Å². The number of hydrogen-bond acceptors (Lipinski definition) is 7. The first-order chi connectivity index (χ1) is 15.5. The number of nitroso groups, excluding NO2 is 1. The fourth-order valence-electron chi connectivity index (χ4n) is 3.21. The molecular weight excluding hydrogens is 420 g/mol. The fourth-order valence-corrected chi connectivity index (χ4v) is 4.00. The fraction of sp³-hybridized carbons (Fsp3) is 0.280. The molecule has 0 atom stereocenters. The minimum atomic E-state index is -0.770. The van der Waals surface area contributed by atoms with E-state index in [1.807, 2.05) is 69.4 Å². The first-order valence-corrected chi connectivity index (χ1v) is 11.3. The molecular formula is C25H30N4O2S. The molecule has 0 amide bonds. The van der Waals surface area contributed by atoms with Crippen LogP contribution in [0.2, 0.25) is 0 Å². The number of rotatable bonds is 11. The first-order valence-electron chi connectivity index (χ1n) is 10.5. The Morgan fingerprint density at radius 3 is 2.44 bits per heavy atom. The van der Waals surface area contributed by atoms with Crippen molar-refractivity contribution in [1.82, 2.24) is 5.32 Å². The number of ether oxygens (including phenoxy) is 1. The number of nitrogens with zero attached hydrogens (tertiary/aromatic N) is 1. The Hall–Kier alpha value is -3.03. The predicted octanol–water partition coefficient (Wildman–Crippen LogP) is 6.11. The molecule has 7 heteroatoms. The summed E-state index contributed by atoms with van der Waals surface area (Å²) in [7, 11) is 3.61. The van der Waals surface area contributed by atoms with Gasteiger partial charge < -0.3 is 20.1 Å². The molecule has 0 heterocycles. The maximum Gasteiger partial charge on any atom is 0.134 e. The minimum absolute atomic E-state index is 0.770. The van der Waals surface area contributed by atoms with Crippen molar-refractivity contribution >= 4 is 23.3 Å². The Morgan fingerprint density at radius 1 is 0.938 bits per heavy atom. The van der Waals surface area contributed by atoms with E-state index in [2.05, 4.69) is 38.7 Å². The summed E-state index contributed by atoms with van der Waals surface area (Å²) in [6.07, 6.45) is 0. The Kier molecular flexibility index (Phi) is 8.14. The third-order valence-electron chi connectivity index (χ3n) is 5.14. The van der Waals surface area contributed by atoms with Crippen molar-refractivity contribution < 1.29 is 4.74 Å². The van der Waals surface area contributed by atoms with Gasteiger partial charge in [0.05, 0.1) is 12.0 Å². The third kappa shape index (κ3) is 6.02. The minimum Gasteiger partial charge on any atom is -0.496 e. The van der Waals surface area contributed by atoms with Crippen LogP contribution in [0.25, 0.3) is 11.1 Å². The maximum atomic E-state index is 11.2. The molecule has 0 aliphatic heterocycles. The van der Waals surface area contributed by atoms with E-state index in [-0.39, 0.29) is 0 Å². The summed E-state index contributed by atoms with van der Waals surface area (Å²) in [5, 5.41) is 9.79. The molecule has 0 aromatic heterocycles. The number of methoxy groups -OCH3 is 1. The molecule has 6 nitrogen and oxygen atoms in total. The van der Waals surface area contributed by atoms with Gasteiger partial charge >= 0.3 is 0 Å². The lowest BCUT2D eigenvalue weighted by Gasteiger charge is -2.17. The number of hydrogen-bond donors (Lipinski definition) is 3. The van der Waals surface area contributed by atoms with Gasteiger partial charge in [-0.3, -0.25) is 0 Å². The van der Waals surface area contributed by atoms with E-state index < -0.39 is 5.54 Å². The quantitative estimate of drug-likeness (QED) is 0.186. The zero-order valence-electron chi connectivity index (χ0n) is 18.9. The normalized spacial score (nSPS) is 11.1. The van der Waals surface area contributed by atoms with E-state index in [4.69, 9.17) is 4.74 Å². The topological polar surface area (TPSA) is 74.8 Å². The first kappa shape index (κ1) is 23.6. The van der Waals surface area contributed by atoms with Crippen molar-refractivity contribution in [1.29, 1.82) is 0 Å².